The first-order valence-corrected chi connectivity index (χ1v) is 7.27. The maximum atomic E-state index is 12.4. The lowest BCUT2D eigenvalue weighted by Crippen LogP contribution is -2.56. The van der Waals surface area contributed by atoms with Crippen LogP contribution in [0.4, 0.5) is 0 Å². The zero-order valence-electron chi connectivity index (χ0n) is 12.1. The molecule has 0 radical (unpaired) electrons. The van der Waals surface area contributed by atoms with Crippen LogP contribution in [0.15, 0.2) is 0 Å². The number of carbonyl (C=O) groups excluding carboxylic acids is 1. The van der Waals surface area contributed by atoms with E-state index in [4.69, 9.17) is 9.47 Å². The summed E-state index contributed by atoms with van der Waals surface area (Å²) < 4.78 is 11.1. The van der Waals surface area contributed by atoms with Gasteiger partial charge >= 0.3 is 0 Å². The fourth-order valence-corrected chi connectivity index (χ4v) is 3.64. The molecule has 3 fully saturated rings. The van der Waals surface area contributed by atoms with E-state index in [9.17, 15) is 4.79 Å². The smallest absolute Gasteiger partial charge is 0.158 e. The molecule has 2 bridgehead atoms. The summed E-state index contributed by atoms with van der Waals surface area (Å²) in [5.41, 5.74) is 0.236. The summed E-state index contributed by atoms with van der Waals surface area (Å²) in [5, 5.41) is 0. The van der Waals surface area contributed by atoms with Gasteiger partial charge in [-0.05, 0) is 38.0 Å². The molecule has 0 N–H and O–H groups in total. The Balaban J connectivity index is 1.93. The Kier molecular flexibility index (Phi) is 4.12. The van der Waals surface area contributed by atoms with Crippen LogP contribution in [0, 0.1) is 23.2 Å². The topological polar surface area (TPSA) is 35.5 Å². The number of ketones is 1. The average Bonchev–Trinajstić information content (AvgIpc) is 2.31. The van der Waals surface area contributed by atoms with E-state index in [0.29, 0.717) is 24.9 Å². The highest BCUT2D eigenvalue weighted by Gasteiger charge is 2.57. The molecule has 3 saturated carbocycles. The molecule has 104 valence electrons. The van der Waals surface area contributed by atoms with Crippen LogP contribution >= 0.6 is 0 Å². The predicted molar refractivity (Wildman–Crippen MR) is 70.1 cm³/mol. The van der Waals surface area contributed by atoms with E-state index in [1.165, 1.54) is 0 Å². The van der Waals surface area contributed by atoms with Gasteiger partial charge in [0, 0.05) is 31.5 Å². The highest BCUT2D eigenvalue weighted by Crippen LogP contribution is 2.59. The Morgan fingerprint density at radius 1 is 1.22 bits per heavy atom. The summed E-state index contributed by atoms with van der Waals surface area (Å²) in [6, 6.07) is 0. The van der Waals surface area contributed by atoms with Crippen LogP contribution in [0.25, 0.3) is 0 Å². The van der Waals surface area contributed by atoms with Crippen LogP contribution in [0.1, 0.15) is 47.0 Å². The minimum Gasteiger partial charge on any atom is -0.353 e. The van der Waals surface area contributed by atoms with Crippen molar-refractivity contribution in [1.29, 1.82) is 0 Å². The van der Waals surface area contributed by atoms with E-state index in [2.05, 4.69) is 13.8 Å². The average molecular weight is 254 g/mol. The lowest BCUT2D eigenvalue weighted by atomic mass is 9.46. The van der Waals surface area contributed by atoms with E-state index in [1.54, 1.807) is 0 Å². The van der Waals surface area contributed by atoms with Gasteiger partial charge in [0.05, 0.1) is 0 Å². The number of Topliss-reactive ketones (excluding diaryl/α,β-unsaturated/α-hetero) is 1. The summed E-state index contributed by atoms with van der Waals surface area (Å²) in [6.45, 7) is 9.70. The molecule has 3 heteroatoms. The van der Waals surface area contributed by atoms with Gasteiger partial charge in [-0.15, -0.1) is 0 Å². The summed E-state index contributed by atoms with van der Waals surface area (Å²) in [6.07, 6.45) is 2.67. The highest BCUT2D eigenvalue weighted by molar-refractivity contribution is 5.86. The maximum Gasteiger partial charge on any atom is 0.158 e. The van der Waals surface area contributed by atoms with Crippen molar-refractivity contribution in [3.63, 3.8) is 0 Å². The van der Waals surface area contributed by atoms with Crippen molar-refractivity contribution in [3.05, 3.63) is 0 Å². The number of hydrogen-bond donors (Lipinski definition) is 0. The number of fused-ring (bicyclic) bond motifs is 2. The molecule has 3 nitrogen and oxygen atoms in total. The molecule has 0 saturated heterocycles. The molecule has 0 aromatic carbocycles. The number of hydrogen-bond acceptors (Lipinski definition) is 3. The van der Waals surface area contributed by atoms with Crippen molar-refractivity contribution in [3.8, 4) is 0 Å². The van der Waals surface area contributed by atoms with E-state index in [1.807, 2.05) is 13.8 Å². The second-order valence-corrected chi connectivity index (χ2v) is 6.22. The van der Waals surface area contributed by atoms with Gasteiger partial charge in [-0.1, -0.05) is 13.8 Å². The van der Waals surface area contributed by atoms with E-state index >= 15 is 0 Å². The van der Waals surface area contributed by atoms with Crippen LogP contribution in [0.5, 0.6) is 0 Å². The molecule has 0 amide bonds. The Morgan fingerprint density at radius 3 is 2.28 bits per heavy atom. The molecule has 3 unspecified atom stereocenters. The first-order valence-electron chi connectivity index (χ1n) is 7.27. The van der Waals surface area contributed by atoms with Crippen LogP contribution in [-0.2, 0) is 14.3 Å². The van der Waals surface area contributed by atoms with Crippen molar-refractivity contribution >= 4 is 5.78 Å². The highest BCUT2D eigenvalue weighted by atomic mass is 16.7. The van der Waals surface area contributed by atoms with Gasteiger partial charge in [0.15, 0.2) is 6.29 Å². The summed E-state index contributed by atoms with van der Waals surface area (Å²) in [5.74, 6) is 1.61. The molecular formula is C15H26O3. The Bertz CT molecular complexity index is 305. The normalized spacial score (nSPS) is 33.6. The molecule has 18 heavy (non-hydrogen) atoms. The molecular weight excluding hydrogens is 228 g/mol. The van der Waals surface area contributed by atoms with E-state index in [-0.39, 0.29) is 23.5 Å². The minimum absolute atomic E-state index is 0.157. The van der Waals surface area contributed by atoms with Gasteiger partial charge in [-0.3, -0.25) is 4.79 Å². The van der Waals surface area contributed by atoms with Crippen molar-refractivity contribution in [1.82, 2.24) is 0 Å². The van der Waals surface area contributed by atoms with Gasteiger partial charge in [0.2, 0.25) is 0 Å². The Hall–Kier alpha value is -0.410. The van der Waals surface area contributed by atoms with Crippen LogP contribution in [-0.4, -0.2) is 25.3 Å². The van der Waals surface area contributed by atoms with E-state index in [0.717, 1.165) is 19.3 Å². The molecule has 0 aromatic rings. The van der Waals surface area contributed by atoms with Gasteiger partial charge < -0.3 is 9.47 Å². The third-order valence-corrected chi connectivity index (χ3v) is 4.97. The molecule has 3 rings (SSSR count). The predicted octanol–water partition coefficient (Wildman–Crippen LogP) is 3.03. The quantitative estimate of drug-likeness (QED) is 0.683. The fraction of sp³-hybridized carbons (Fsp3) is 0.933. The van der Waals surface area contributed by atoms with Crippen molar-refractivity contribution in [2.45, 2.75) is 53.2 Å². The summed E-state index contributed by atoms with van der Waals surface area (Å²) >= 11 is 0. The molecule has 3 atom stereocenters. The molecule has 3 aliphatic rings. The monoisotopic (exact) mass is 254 g/mol. The SMILES string of the molecule is CCOC(CC1CC2CC(C1=O)C2(C)C)OCC. The lowest BCUT2D eigenvalue weighted by molar-refractivity contribution is -0.175. The minimum atomic E-state index is -0.199. The first-order chi connectivity index (χ1) is 8.50. The van der Waals surface area contributed by atoms with Gasteiger partial charge in [-0.2, -0.15) is 0 Å². The Morgan fingerprint density at radius 2 is 1.83 bits per heavy atom. The second kappa shape index (κ2) is 5.30. The van der Waals surface area contributed by atoms with Crippen molar-refractivity contribution in [2.75, 3.05) is 13.2 Å². The van der Waals surface area contributed by atoms with Crippen LogP contribution < -0.4 is 0 Å². The number of ether oxygens (including phenoxy) is 2. The number of rotatable bonds is 6. The van der Waals surface area contributed by atoms with Crippen LogP contribution in [0.2, 0.25) is 0 Å². The van der Waals surface area contributed by atoms with Crippen molar-refractivity contribution in [2.24, 2.45) is 23.2 Å². The summed E-state index contributed by atoms with van der Waals surface area (Å²) in [4.78, 5) is 12.4. The first kappa shape index (κ1) is 14.0. The Labute approximate surface area is 110 Å². The molecule has 0 heterocycles. The third kappa shape index (κ3) is 2.35. The zero-order chi connectivity index (χ0) is 13.3. The maximum absolute atomic E-state index is 12.4. The fourth-order valence-electron chi connectivity index (χ4n) is 3.64. The van der Waals surface area contributed by atoms with Gasteiger partial charge in [-0.25, -0.2) is 0 Å². The molecule has 0 spiro atoms. The molecule has 3 aliphatic carbocycles. The standard InChI is InChI=1S/C15H26O3/c1-5-17-13(18-6-2)8-10-7-11-9-12(14(10)16)15(11,3)4/h10-13H,5-9H2,1-4H3. The molecule has 0 aromatic heterocycles. The van der Waals surface area contributed by atoms with Crippen molar-refractivity contribution < 1.29 is 14.3 Å². The zero-order valence-corrected chi connectivity index (χ0v) is 12.1. The number of carbonyl (C=O) groups is 1. The summed E-state index contributed by atoms with van der Waals surface area (Å²) in [7, 11) is 0. The molecule has 0 aliphatic heterocycles. The van der Waals surface area contributed by atoms with Gasteiger partial charge in [0.25, 0.3) is 0 Å². The van der Waals surface area contributed by atoms with E-state index < -0.39 is 0 Å². The van der Waals surface area contributed by atoms with Crippen LogP contribution in [0.3, 0.4) is 0 Å². The third-order valence-electron chi connectivity index (χ3n) is 4.97. The second-order valence-electron chi connectivity index (χ2n) is 6.22. The van der Waals surface area contributed by atoms with Gasteiger partial charge in [0.1, 0.15) is 5.78 Å². The largest absolute Gasteiger partial charge is 0.353 e. The lowest BCUT2D eigenvalue weighted by Gasteiger charge is -2.57.